The highest BCUT2D eigenvalue weighted by molar-refractivity contribution is 5.81. The van der Waals surface area contributed by atoms with Crippen molar-refractivity contribution >= 4 is 34.9 Å². The maximum atomic E-state index is 11.7. The first-order chi connectivity index (χ1) is 13.3. The Bertz CT molecular complexity index is 914. The Morgan fingerprint density at radius 3 is 2.39 bits per heavy atom. The van der Waals surface area contributed by atoms with E-state index in [2.05, 4.69) is 15.0 Å². The molecule has 2 aromatic rings. The molecule has 12 heteroatoms. The van der Waals surface area contributed by atoms with Crippen molar-refractivity contribution in [3.8, 4) is 0 Å². The van der Waals surface area contributed by atoms with Crippen molar-refractivity contribution in [3.05, 3.63) is 12.7 Å². The van der Waals surface area contributed by atoms with Crippen LogP contribution in [0.15, 0.2) is 12.7 Å². The summed E-state index contributed by atoms with van der Waals surface area (Å²) in [5.41, 5.74) is 6.48. The minimum Gasteiger partial charge on any atom is -0.463 e. The summed E-state index contributed by atoms with van der Waals surface area (Å²) in [5.74, 6) is -1.59. The highest BCUT2D eigenvalue weighted by atomic mass is 16.7. The van der Waals surface area contributed by atoms with E-state index in [1.54, 1.807) is 0 Å². The molecule has 0 spiro atoms. The zero-order valence-corrected chi connectivity index (χ0v) is 15.4. The summed E-state index contributed by atoms with van der Waals surface area (Å²) in [6.07, 6.45) is -1.22. The van der Waals surface area contributed by atoms with Crippen LogP contribution in [0.25, 0.3) is 11.2 Å². The first kappa shape index (κ1) is 19.5. The topological polar surface area (TPSA) is 158 Å². The lowest BCUT2D eigenvalue weighted by atomic mass is 10.1. The van der Waals surface area contributed by atoms with Gasteiger partial charge >= 0.3 is 17.9 Å². The Labute approximate surface area is 158 Å². The summed E-state index contributed by atoms with van der Waals surface area (Å²) in [7, 11) is 0. The lowest BCUT2D eigenvalue weighted by Gasteiger charge is -2.23. The molecule has 0 unspecified atom stereocenters. The van der Waals surface area contributed by atoms with E-state index in [1.807, 2.05) is 0 Å². The zero-order chi connectivity index (χ0) is 20.4. The SMILES string of the molecule is CC(=O)OC[C@H]1O[C@@H](n2cnc3c(N)ncnc32)[C@@H](OC(C)=O)[C@@H]1OC(C)=O. The number of nitrogens with zero attached hydrogens (tertiary/aromatic N) is 4. The Morgan fingerprint density at radius 2 is 1.75 bits per heavy atom. The molecular formula is C16H19N5O7. The fraction of sp³-hybridized carbons (Fsp3) is 0.500. The van der Waals surface area contributed by atoms with Crippen LogP contribution >= 0.6 is 0 Å². The van der Waals surface area contributed by atoms with Crippen molar-refractivity contribution in [1.82, 2.24) is 19.5 Å². The van der Waals surface area contributed by atoms with Crippen molar-refractivity contribution < 1.29 is 33.3 Å². The summed E-state index contributed by atoms with van der Waals surface area (Å²) in [5, 5.41) is 0. The quantitative estimate of drug-likeness (QED) is 0.526. The highest BCUT2D eigenvalue weighted by Gasteiger charge is 2.51. The molecule has 0 bridgehead atoms. The number of esters is 3. The third-order valence-corrected chi connectivity index (χ3v) is 4.00. The number of hydrogen-bond donors (Lipinski definition) is 1. The van der Waals surface area contributed by atoms with E-state index in [0.29, 0.717) is 11.2 Å². The number of nitrogens with two attached hydrogens (primary N) is 1. The van der Waals surface area contributed by atoms with E-state index >= 15 is 0 Å². The van der Waals surface area contributed by atoms with Crippen LogP contribution in [0.5, 0.6) is 0 Å². The van der Waals surface area contributed by atoms with Gasteiger partial charge in [-0.3, -0.25) is 19.0 Å². The zero-order valence-electron chi connectivity index (χ0n) is 15.4. The van der Waals surface area contributed by atoms with E-state index in [0.717, 1.165) is 0 Å². The second-order valence-electron chi connectivity index (χ2n) is 6.10. The molecule has 0 radical (unpaired) electrons. The summed E-state index contributed by atoms with van der Waals surface area (Å²) in [4.78, 5) is 46.6. The van der Waals surface area contributed by atoms with E-state index in [1.165, 1.54) is 38.0 Å². The lowest BCUT2D eigenvalue weighted by Crippen LogP contribution is -2.40. The average Bonchev–Trinajstić information content (AvgIpc) is 3.16. The third-order valence-electron chi connectivity index (χ3n) is 4.00. The summed E-state index contributed by atoms with van der Waals surface area (Å²) in [6, 6.07) is 0. The second kappa shape index (κ2) is 7.76. The molecule has 1 aliphatic rings. The molecule has 1 fully saturated rings. The number of imidazole rings is 1. The van der Waals surface area contributed by atoms with Crippen LogP contribution in [0.4, 0.5) is 5.82 Å². The van der Waals surface area contributed by atoms with Gasteiger partial charge in [0.1, 0.15) is 24.6 Å². The average molecular weight is 393 g/mol. The van der Waals surface area contributed by atoms with Gasteiger partial charge in [0.15, 0.2) is 29.9 Å². The van der Waals surface area contributed by atoms with Crippen molar-refractivity contribution in [2.45, 2.75) is 45.3 Å². The summed E-state index contributed by atoms with van der Waals surface area (Å²) in [6.45, 7) is 3.46. The molecule has 1 aliphatic heterocycles. The van der Waals surface area contributed by atoms with Gasteiger partial charge in [0, 0.05) is 20.8 Å². The molecule has 150 valence electrons. The minimum absolute atomic E-state index is 0.166. The van der Waals surface area contributed by atoms with Gasteiger partial charge in [0.05, 0.1) is 6.33 Å². The lowest BCUT2D eigenvalue weighted by molar-refractivity contribution is -0.166. The number of rotatable bonds is 5. The summed E-state index contributed by atoms with van der Waals surface area (Å²) < 4.78 is 23.1. The van der Waals surface area contributed by atoms with Crippen molar-refractivity contribution in [2.75, 3.05) is 12.3 Å². The predicted molar refractivity (Wildman–Crippen MR) is 91.4 cm³/mol. The van der Waals surface area contributed by atoms with Gasteiger partial charge < -0.3 is 24.7 Å². The number of ether oxygens (including phenoxy) is 4. The fourth-order valence-electron chi connectivity index (χ4n) is 2.97. The monoisotopic (exact) mass is 393 g/mol. The smallest absolute Gasteiger partial charge is 0.303 e. The Kier molecular flexibility index (Phi) is 5.40. The molecule has 2 aromatic heterocycles. The van der Waals surface area contributed by atoms with Crippen LogP contribution in [0.3, 0.4) is 0 Å². The number of carbonyl (C=O) groups is 3. The van der Waals surface area contributed by atoms with Gasteiger partial charge in [-0.1, -0.05) is 0 Å². The first-order valence-corrected chi connectivity index (χ1v) is 8.34. The Balaban J connectivity index is 2.01. The molecule has 0 amide bonds. The molecule has 12 nitrogen and oxygen atoms in total. The first-order valence-electron chi connectivity index (χ1n) is 8.34. The van der Waals surface area contributed by atoms with Crippen molar-refractivity contribution in [3.63, 3.8) is 0 Å². The van der Waals surface area contributed by atoms with Gasteiger partial charge in [-0.25, -0.2) is 15.0 Å². The molecule has 4 atom stereocenters. The number of carbonyl (C=O) groups excluding carboxylic acids is 3. The number of anilines is 1. The van der Waals surface area contributed by atoms with Crippen LogP contribution < -0.4 is 5.73 Å². The Hall–Kier alpha value is -3.28. The molecule has 0 aromatic carbocycles. The molecule has 0 aliphatic carbocycles. The van der Waals surface area contributed by atoms with Gasteiger partial charge in [-0.15, -0.1) is 0 Å². The molecular weight excluding hydrogens is 374 g/mol. The number of fused-ring (bicyclic) bond motifs is 1. The van der Waals surface area contributed by atoms with E-state index in [9.17, 15) is 14.4 Å². The molecule has 0 saturated carbocycles. The largest absolute Gasteiger partial charge is 0.463 e. The van der Waals surface area contributed by atoms with Gasteiger partial charge in [0.2, 0.25) is 0 Å². The van der Waals surface area contributed by atoms with E-state index < -0.39 is 42.4 Å². The molecule has 3 rings (SSSR count). The van der Waals surface area contributed by atoms with E-state index in [-0.39, 0.29) is 12.4 Å². The summed E-state index contributed by atoms with van der Waals surface area (Å²) >= 11 is 0. The second-order valence-corrected chi connectivity index (χ2v) is 6.10. The maximum Gasteiger partial charge on any atom is 0.303 e. The normalized spacial score (nSPS) is 24.1. The predicted octanol–water partition coefficient (Wildman–Crippen LogP) is -0.268. The van der Waals surface area contributed by atoms with Gasteiger partial charge in [-0.05, 0) is 0 Å². The van der Waals surface area contributed by atoms with Gasteiger partial charge in [-0.2, -0.15) is 0 Å². The number of nitrogen functional groups attached to an aromatic ring is 1. The molecule has 28 heavy (non-hydrogen) atoms. The standard InChI is InChI=1S/C16H19N5O7/c1-7(22)25-4-10-12(26-8(2)23)13(27-9(3)24)16(28-10)21-6-20-11-14(17)18-5-19-15(11)21/h5-6,10,12-13,16H,4H2,1-3H3,(H2,17,18,19)/t10-,12-,13+,16-/m1/s1. The Morgan fingerprint density at radius 1 is 1.07 bits per heavy atom. The number of hydrogen-bond acceptors (Lipinski definition) is 11. The fourth-order valence-corrected chi connectivity index (χ4v) is 2.97. The van der Waals surface area contributed by atoms with Crippen LogP contribution in [-0.4, -0.2) is 62.3 Å². The van der Waals surface area contributed by atoms with Crippen molar-refractivity contribution in [2.24, 2.45) is 0 Å². The van der Waals surface area contributed by atoms with Crippen LogP contribution in [-0.2, 0) is 33.3 Å². The van der Waals surface area contributed by atoms with Crippen LogP contribution in [0, 0.1) is 0 Å². The minimum atomic E-state index is -1.03. The van der Waals surface area contributed by atoms with Gasteiger partial charge in [0.25, 0.3) is 0 Å². The van der Waals surface area contributed by atoms with Crippen molar-refractivity contribution in [1.29, 1.82) is 0 Å². The molecule has 1 saturated heterocycles. The molecule has 2 N–H and O–H groups in total. The highest BCUT2D eigenvalue weighted by Crippen LogP contribution is 2.36. The third kappa shape index (κ3) is 3.86. The number of aromatic nitrogens is 4. The maximum absolute atomic E-state index is 11.7. The van der Waals surface area contributed by atoms with Crippen LogP contribution in [0.1, 0.15) is 27.0 Å². The van der Waals surface area contributed by atoms with E-state index in [4.69, 9.17) is 24.7 Å². The molecule has 3 heterocycles. The van der Waals surface area contributed by atoms with Crippen LogP contribution in [0.2, 0.25) is 0 Å².